The number of sulfonamides is 1. The molecule has 1 saturated heterocycles. The van der Waals surface area contributed by atoms with Crippen LogP contribution in [-0.2, 0) is 10.0 Å². The second-order valence-electron chi connectivity index (χ2n) is 3.50. The van der Waals surface area contributed by atoms with Gasteiger partial charge in [-0.25, -0.2) is 8.42 Å². The van der Waals surface area contributed by atoms with Crippen LogP contribution in [0.2, 0.25) is 0 Å². The first-order valence-corrected chi connectivity index (χ1v) is 6.39. The molecule has 80 valence electrons. The van der Waals surface area contributed by atoms with Crippen LogP contribution in [0.15, 0.2) is 0 Å². The van der Waals surface area contributed by atoms with Gasteiger partial charge in [-0.05, 0) is 6.92 Å². The summed E-state index contributed by atoms with van der Waals surface area (Å²) in [5, 5.41) is 8.69. The Kier molecular flexibility index (Phi) is 3.48. The molecular weight excluding hydrogens is 202 g/mol. The number of nitrogens with zero attached hydrogens (tertiary/aromatic N) is 3. The average Bonchev–Trinajstić information content (AvgIpc) is 2.15. The van der Waals surface area contributed by atoms with Gasteiger partial charge in [-0.1, -0.05) is 0 Å². The molecule has 1 aliphatic heterocycles. The molecule has 0 saturated carbocycles. The van der Waals surface area contributed by atoms with Crippen LogP contribution < -0.4 is 0 Å². The van der Waals surface area contributed by atoms with Crippen molar-refractivity contribution >= 4 is 10.0 Å². The van der Waals surface area contributed by atoms with Crippen LogP contribution >= 0.6 is 0 Å². The molecule has 0 aromatic rings. The van der Waals surface area contributed by atoms with Crippen LogP contribution in [0.4, 0.5) is 0 Å². The van der Waals surface area contributed by atoms with E-state index in [2.05, 4.69) is 6.07 Å². The highest BCUT2D eigenvalue weighted by Crippen LogP contribution is 2.08. The van der Waals surface area contributed by atoms with Gasteiger partial charge >= 0.3 is 0 Å². The summed E-state index contributed by atoms with van der Waals surface area (Å²) in [4.78, 5) is 1.99. The number of nitriles is 1. The number of piperazine rings is 1. The SMILES string of the molecule is CC(C#N)N1CCN(S(C)(=O)=O)CC1. The van der Waals surface area contributed by atoms with Gasteiger partial charge < -0.3 is 0 Å². The zero-order valence-electron chi connectivity index (χ0n) is 8.47. The maximum Gasteiger partial charge on any atom is 0.211 e. The molecule has 0 N–H and O–H groups in total. The van der Waals surface area contributed by atoms with Crippen LogP contribution in [-0.4, -0.2) is 56.1 Å². The Morgan fingerprint density at radius 1 is 1.29 bits per heavy atom. The normalized spacial score (nSPS) is 22.9. The Morgan fingerprint density at radius 3 is 2.14 bits per heavy atom. The third-order valence-corrected chi connectivity index (χ3v) is 3.78. The zero-order valence-corrected chi connectivity index (χ0v) is 9.29. The van der Waals surface area contributed by atoms with E-state index in [-0.39, 0.29) is 6.04 Å². The zero-order chi connectivity index (χ0) is 10.8. The van der Waals surface area contributed by atoms with Crippen LogP contribution in [0.5, 0.6) is 0 Å². The fourth-order valence-corrected chi connectivity index (χ4v) is 2.33. The number of rotatable bonds is 2. The van der Waals surface area contributed by atoms with Crippen molar-refractivity contribution in [3.05, 3.63) is 0 Å². The Morgan fingerprint density at radius 2 is 1.79 bits per heavy atom. The van der Waals surface area contributed by atoms with E-state index in [1.165, 1.54) is 10.6 Å². The Balaban J connectivity index is 2.52. The van der Waals surface area contributed by atoms with Crippen LogP contribution in [0, 0.1) is 11.3 Å². The van der Waals surface area contributed by atoms with Crippen molar-refractivity contribution in [1.29, 1.82) is 5.26 Å². The Hall–Kier alpha value is -0.640. The van der Waals surface area contributed by atoms with Crippen LogP contribution in [0.3, 0.4) is 0 Å². The summed E-state index contributed by atoms with van der Waals surface area (Å²) < 4.78 is 23.8. The molecule has 5 nitrogen and oxygen atoms in total. The first-order valence-electron chi connectivity index (χ1n) is 4.54. The third kappa shape index (κ3) is 2.67. The summed E-state index contributed by atoms with van der Waals surface area (Å²) >= 11 is 0. The highest BCUT2D eigenvalue weighted by atomic mass is 32.2. The smallest absolute Gasteiger partial charge is 0.211 e. The summed E-state index contributed by atoms with van der Waals surface area (Å²) in [5.74, 6) is 0. The molecule has 1 unspecified atom stereocenters. The summed E-state index contributed by atoms with van der Waals surface area (Å²) in [6.45, 7) is 4.09. The van der Waals surface area contributed by atoms with Gasteiger partial charge in [0.15, 0.2) is 0 Å². The van der Waals surface area contributed by atoms with E-state index in [0.717, 1.165) is 0 Å². The van der Waals surface area contributed by atoms with Crippen molar-refractivity contribution < 1.29 is 8.42 Å². The molecule has 0 aromatic carbocycles. The standard InChI is InChI=1S/C8H15N3O2S/c1-8(7-9)10-3-5-11(6-4-10)14(2,12)13/h8H,3-6H2,1-2H3. The van der Waals surface area contributed by atoms with E-state index < -0.39 is 10.0 Å². The average molecular weight is 217 g/mol. The minimum atomic E-state index is -3.06. The highest BCUT2D eigenvalue weighted by molar-refractivity contribution is 7.88. The first kappa shape index (κ1) is 11.4. The van der Waals surface area contributed by atoms with E-state index in [1.807, 2.05) is 11.8 Å². The van der Waals surface area contributed by atoms with Gasteiger partial charge in [0.25, 0.3) is 0 Å². The predicted octanol–water partition coefficient (Wildman–Crippen LogP) is -0.524. The lowest BCUT2D eigenvalue weighted by Crippen LogP contribution is -2.50. The van der Waals surface area contributed by atoms with E-state index in [9.17, 15) is 8.42 Å². The molecule has 0 aromatic heterocycles. The van der Waals surface area contributed by atoms with Crippen molar-refractivity contribution in [3.8, 4) is 6.07 Å². The minimum Gasteiger partial charge on any atom is -0.286 e. The molecule has 6 heteroatoms. The maximum atomic E-state index is 11.2. The van der Waals surface area contributed by atoms with Crippen molar-refractivity contribution in [2.24, 2.45) is 0 Å². The molecule has 0 amide bonds. The molecule has 1 rings (SSSR count). The Labute approximate surface area is 85.0 Å². The van der Waals surface area contributed by atoms with E-state index in [1.54, 1.807) is 0 Å². The monoisotopic (exact) mass is 217 g/mol. The molecule has 0 spiro atoms. The quantitative estimate of drug-likeness (QED) is 0.624. The lowest BCUT2D eigenvalue weighted by Gasteiger charge is -2.34. The van der Waals surface area contributed by atoms with Crippen molar-refractivity contribution in [1.82, 2.24) is 9.21 Å². The molecule has 1 fully saturated rings. The molecule has 0 bridgehead atoms. The molecular formula is C8H15N3O2S. The summed E-state index contributed by atoms with van der Waals surface area (Å²) in [6, 6.07) is 2.02. The van der Waals surface area contributed by atoms with E-state index in [4.69, 9.17) is 5.26 Å². The highest BCUT2D eigenvalue weighted by Gasteiger charge is 2.25. The minimum absolute atomic E-state index is 0.128. The van der Waals surface area contributed by atoms with Gasteiger partial charge in [-0.15, -0.1) is 0 Å². The lowest BCUT2D eigenvalue weighted by molar-refractivity contribution is 0.170. The molecule has 1 atom stereocenters. The summed E-state index contributed by atoms with van der Waals surface area (Å²) in [7, 11) is -3.06. The number of hydrogen-bond donors (Lipinski definition) is 0. The molecule has 1 heterocycles. The summed E-state index contributed by atoms with van der Waals surface area (Å²) in [6.07, 6.45) is 1.22. The Bertz CT molecular complexity index is 325. The van der Waals surface area contributed by atoms with Crippen molar-refractivity contribution in [3.63, 3.8) is 0 Å². The first-order chi connectivity index (χ1) is 6.45. The fraction of sp³-hybridized carbons (Fsp3) is 0.875. The van der Waals surface area contributed by atoms with Crippen molar-refractivity contribution in [2.75, 3.05) is 32.4 Å². The van der Waals surface area contributed by atoms with Crippen LogP contribution in [0.1, 0.15) is 6.92 Å². The predicted molar refractivity (Wildman–Crippen MR) is 53.1 cm³/mol. The summed E-state index contributed by atoms with van der Waals surface area (Å²) in [5.41, 5.74) is 0. The lowest BCUT2D eigenvalue weighted by atomic mass is 10.2. The van der Waals surface area contributed by atoms with Crippen molar-refractivity contribution in [2.45, 2.75) is 13.0 Å². The van der Waals surface area contributed by atoms with E-state index >= 15 is 0 Å². The second kappa shape index (κ2) is 4.26. The molecule has 0 aliphatic carbocycles. The van der Waals surface area contributed by atoms with E-state index in [0.29, 0.717) is 26.2 Å². The molecule has 1 aliphatic rings. The largest absolute Gasteiger partial charge is 0.286 e. The van der Waals surface area contributed by atoms with Gasteiger partial charge in [0.05, 0.1) is 18.4 Å². The topological polar surface area (TPSA) is 64.4 Å². The fourth-order valence-electron chi connectivity index (χ4n) is 1.50. The van der Waals surface area contributed by atoms with Crippen LogP contribution in [0.25, 0.3) is 0 Å². The molecule has 14 heavy (non-hydrogen) atoms. The number of hydrogen-bond acceptors (Lipinski definition) is 4. The second-order valence-corrected chi connectivity index (χ2v) is 5.49. The van der Waals surface area contributed by atoms with Gasteiger partial charge in [0, 0.05) is 26.2 Å². The van der Waals surface area contributed by atoms with Gasteiger partial charge in [-0.3, -0.25) is 4.90 Å². The van der Waals surface area contributed by atoms with Gasteiger partial charge in [0.2, 0.25) is 10.0 Å². The third-order valence-electron chi connectivity index (χ3n) is 2.48. The van der Waals surface area contributed by atoms with Gasteiger partial charge in [-0.2, -0.15) is 9.57 Å². The molecule has 0 radical (unpaired) electrons. The van der Waals surface area contributed by atoms with Gasteiger partial charge in [0.1, 0.15) is 0 Å². The maximum absolute atomic E-state index is 11.2.